The zero-order valence-corrected chi connectivity index (χ0v) is 24.4. The molecule has 1 atom stereocenters. The summed E-state index contributed by atoms with van der Waals surface area (Å²) in [6.07, 6.45) is 0.360. The van der Waals surface area contributed by atoms with Gasteiger partial charge in [0.05, 0.1) is 15.6 Å². The first-order chi connectivity index (χ1) is 18.5. The van der Waals surface area contributed by atoms with Crippen molar-refractivity contribution in [3.63, 3.8) is 0 Å². The van der Waals surface area contributed by atoms with Gasteiger partial charge in [0, 0.05) is 13.1 Å². The Labute approximate surface area is 236 Å². The van der Waals surface area contributed by atoms with Crippen molar-refractivity contribution in [2.45, 2.75) is 51.6 Å². The van der Waals surface area contributed by atoms with Crippen LogP contribution in [0.25, 0.3) is 0 Å². The molecule has 1 unspecified atom stereocenters. The van der Waals surface area contributed by atoms with Crippen LogP contribution in [0.3, 0.4) is 0 Å². The number of halogens is 1. The minimum Gasteiger partial charge on any atom is -0.354 e. The number of sulfonamides is 1. The van der Waals surface area contributed by atoms with E-state index in [0.29, 0.717) is 13.0 Å². The summed E-state index contributed by atoms with van der Waals surface area (Å²) in [4.78, 5) is 28.8. The molecule has 9 heteroatoms. The molecule has 3 aromatic rings. The number of para-hydroxylation sites is 1. The van der Waals surface area contributed by atoms with Crippen molar-refractivity contribution in [3.8, 4) is 0 Å². The van der Waals surface area contributed by atoms with Gasteiger partial charge < -0.3 is 10.2 Å². The summed E-state index contributed by atoms with van der Waals surface area (Å²) in [5, 5.41) is 3.12. The van der Waals surface area contributed by atoms with E-state index in [2.05, 4.69) is 5.32 Å². The van der Waals surface area contributed by atoms with Crippen LogP contribution in [0.15, 0.2) is 83.8 Å². The predicted molar refractivity (Wildman–Crippen MR) is 156 cm³/mol. The fourth-order valence-electron chi connectivity index (χ4n) is 4.12. The number of anilines is 1. The molecule has 1 N–H and O–H groups in total. The molecule has 3 rings (SSSR count). The number of carbonyl (C=O) groups is 2. The van der Waals surface area contributed by atoms with Crippen LogP contribution >= 0.6 is 11.6 Å². The van der Waals surface area contributed by atoms with E-state index in [1.54, 1.807) is 42.5 Å². The Morgan fingerprint density at radius 3 is 2.13 bits per heavy atom. The Morgan fingerprint density at radius 1 is 0.923 bits per heavy atom. The van der Waals surface area contributed by atoms with Gasteiger partial charge in [0.2, 0.25) is 11.8 Å². The second kappa shape index (κ2) is 13.6. The van der Waals surface area contributed by atoms with Gasteiger partial charge >= 0.3 is 0 Å². The van der Waals surface area contributed by atoms with E-state index >= 15 is 0 Å². The molecule has 0 radical (unpaired) electrons. The van der Waals surface area contributed by atoms with Crippen LogP contribution in [-0.2, 0) is 26.2 Å². The molecule has 2 amide bonds. The molecule has 7 nitrogen and oxygen atoms in total. The van der Waals surface area contributed by atoms with Crippen molar-refractivity contribution >= 4 is 39.1 Å². The van der Waals surface area contributed by atoms with Crippen LogP contribution < -0.4 is 9.62 Å². The van der Waals surface area contributed by atoms with Crippen LogP contribution in [0.5, 0.6) is 0 Å². The van der Waals surface area contributed by atoms with Gasteiger partial charge in [-0.25, -0.2) is 8.42 Å². The molecular formula is C30H36ClN3O4S. The summed E-state index contributed by atoms with van der Waals surface area (Å²) in [5.41, 5.74) is 2.08. The molecule has 0 aliphatic carbocycles. The van der Waals surface area contributed by atoms with Gasteiger partial charge in [-0.2, -0.15) is 0 Å². The molecule has 0 fully saturated rings. The van der Waals surface area contributed by atoms with E-state index in [1.165, 1.54) is 17.0 Å². The fraction of sp³-hybridized carbons (Fsp3) is 0.333. The van der Waals surface area contributed by atoms with Gasteiger partial charge in [-0.15, -0.1) is 0 Å². The number of benzene rings is 3. The van der Waals surface area contributed by atoms with Crippen LogP contribution in [0.2, 0.25) is 5.02 Å². The van der Waals surface area contributed by atoms with Crippen LogP contribution in [0.4, 0.5) is 5.69 Å². The Kier molecular flexibility index (Phi) is 10.5. The SMILES string of the molecule is CCC(C(=O)NCC(C)C)N(Cc1ccc(C)cc1)C(=O)CN(c1ccccc1Cl)S(=O)(=O)c1ccccc1. The summed E-state index contributed by atoms with van der Waals surface area (Å²) in [5.74, 6) is -0.553. The van der Waals surface area contributed by atoms with Gasteiger partial charge in [0.15, 0.2) is 0 Å². The van der Waals surface area contributed by atoms with Gasteiger partial charge in [0.1, 0.15) is 12.6 Å². The molecular weight excluding hydrogens is 534 g/mol. The van der Waals surface area contributed by atoms with E-state index in [0.717, 1.165) is 15.4 Å². The first kappa shape index (κ1) is 30.2. The molecule has 0 aromatic heterocycles. The molecule has 0 saturated heterocycles. The number of hydrogen-bond donors (Lipinski definition) is 1. The van der Waals surface area contributed by atoms with E-state index in [9.17, 15) is 18.0 Å². The average Bonchev–Trinajstić information content (AvgIpc) is 2.92. The summed E-state index contributed by atoms with van der Waals surface area (Å²) in [7, 11) is -4.16. The average molecular weight is 570 g/mol. The van der Waals surface area contributed by atoms with Crippen molar-refractivity contribution < 1.29 is 18.0 Å². The Bertz CT molecular complexity index is 1360. The molecule has 3 aromatic carbocycles. The van der Waals surface area contributed by atoms with Gasteiger partial charge in [-0.3, -0.25) is 13.9 Å². The molecule has 0 bridgehead atoms. The molecule has 208 valence electrons. The lowest BCUT2D eigenvalue weighted by molar-refractivity contribution is -0.140. The molecule has 0 spiro atoms. The topological polar surface area (TPSA) is 86.8 Å². The first-order valence-electron chi connectivity index (χ1n) is 13.0. The third kappa shape index (κ3) is 7.83. The second-order valence-electron chi connectivity index (χ2n) is 9.85. The van der Waals surface area contributed by atoms with Crippen LogP contribution in [0, 0.1) is 12.8 Å². The number of hydrogen-bond acceptors (Lipinski definition) is 4. The standard InChI is InChI=1S/C30H36ClN3O4S/c1-5-27(30(36)32-19-22(2)3)33(20-24-17-15-23(4)16-18-24)29(35)21-34(28-14-10-9-13-26(28)31)39(37,38)25-11-7-6-8-12-25/h6-18,22,27H,5,19-21H2,1-4H3,(H,32,36). The highest BCUT2D eigenvalue weighted by Crippen LogP contribution is 2.30. The van der Waals surface area contributed by atoms with E-state index in [1.807, 2.05) is 52.0 Å². The largest absolute Gasteiger partial charge is 0.354 e. The maximum atomic E-state index is 14.0. The Balaban J connectivity index is 2.04. The van der Waals surface area contributed by atoms with Crippen molar-refractivity contribution in [1.29, 1.82) is 0 Å². The highest BCUT2D eigenvalue weighted by atomic mass is 35.5. The Morgan fingerprint density at radius 2 is 1.54 bits per heavy atom. The summed E-state index contributed by atoms with van der Waals surface area (Å²) < 4.78 is 28.6. The van der Waals surface area contributed by atoms with Gasteiger partial charge in [-0.05, 0) is 49.1 Å². The van der Waals surface area contributed by atoms with Gasteiger partial charge in [0.25, 0.3) is 10.0 Å². The normalized spacial score (nSPS) is 12.2. The maximum absolute atomic E-state index is 14.0. The van der Waals surface area contributed by atoms with Crippen molar-refractivity contribution in [3.05, 3.63) is 95.0 Å². The lowest BCUT2D eigenvalue weighted by Crippen LogP contribution is -2.52. The summed E-state index contributed by atoms with van der Waals surface area (Å²) in [6, 6.07) is 21.3. The number of nitrogens with one attached hydrogen (secondary N) is 1. The maximum Gasteiger partial charge on any atom is 0.264 e. The van der Waals surface area contributed by atoms with Crippen LogP contribution in [0.1, 0.15) is 38.3 Å². The smallest absolute Gasteiger partial charge is 0.264 e. The summed E-state index contributed by atoms with van der Waals surface area (Å²) in [6.45, 7) is 7.88. The number of carbonyl (C=O) groups excluding carboxylic acids is 2. The number of amides is 2. The van der Waals surface area contributed by atoms with E-state index in [4.69, 9.17) is 11.6 Å². The van der Waals surface area contributed by atoms with Crippen LogP contribution in [-0.4, -0.2) is 44.3 Å². The number of rotatable bonds is 12. The molecule has 0 aliphatic heterocycles. The molecule has 39 heavy (non-hydrogen) atoms. The van der Waals surface area contributed by atoms with E-state index in [-0.39, 0.29) is 34.0 Å². The summed E-state index contributed by atoms with van der Waals surface area (Å²) >= 11 is 6.44. The first-order valence-corrected chi connectivity index (χ1v) is 14.8. The zero-order chi connectivity index (χ0) is 28.6. The van der Waals surface area contributed by atoms with Gasteiger partial charge in [-0.1, -0.05) is 92.5 Å². The lowest BCUT2D eigenvalue weighted by Gasteiger charge is -2.33. The second-order valence-corrected chi connectivity index (χ2v) is 12.1. The molecule has 0 aliphatic rings. The molecule has 0 saturated carbocycles. The molecule has 0 heterocycles. The quantitative estimate of drug-likeness (QED) is 0.315. The zero-order valence-electron chi connectivity index (χ0n) is 22.8. The third-order valence-corrected chi connectivity index (χ3v) is 8.37. The minimum absolute atomic E-state index is 0.0320. The predicted octanol–water partition coefficient (Wildman–Crippen LogP) is 5.42. The number of aryl methyl sites for hydroxylation is 1. The van der Waals surface area contributed by atoms with Crippen molar-refractivity contribution in [2.24, 2.45) is 5.92 Å². The van der Waals surface area contributed by atoms with E-state index < -0.39 is 28.5 Å². The highest BCUT2D eigenvalue weighted by molar-refractivity contribution is 7.92. The highest BCUT2D eigenvalue weighted by Gasteiger charge is 2.34. The monoisotopic (exact) mass is 569 g/mol. The number of nitrogens with zero attached hydrogens (tertiary/aromatic N) is 2. The fourth-order valence-corrected chi connectivity index (χ4v) is 5.86. The lowest BCUT2D eigenvalue weighted by atomic mass is 10.1. The van der Waals surface area contributed by atoms with Crippen molar-refractivity contribution in [2.75, 3.05) is 17.4 Å². The third-order valence-electron chi connectivity index (χ3n) is 6.28. The van der Waals surface area contributed by atoms with Crippen molar-refractivity contribution in [1.82, 2.24) is 10.2 Å². The minimum atomic E-state index is -4.16. The Hall–Kier alpha value is -3.36.